The number of phenolic OH excluding ortho intramolecular Hbond substituents is 1. The van der Waals surface area contributed by atoms with Gasteiger partial charge in [0, 0.05) is 22.3 Å². The Bertz CT molecular complexity index is 2570. The Labute approximate surface area is 356 Å². The van der Waals surface area contributed by atoms with Gasteiger partial charge in [-0.15, -0.1) is 0 Å². The number of amides is 4. The van der Waals surface area contributed by atoms with Crippen molar-refractivity contribution in [2.24, 2.45) is 23.7 Å². The average molecular weight is 844 g/mol. The molecule has 304 valence electrons. The summed E-state index contributed by atoms with van der Waals surface area (Å²) in [5.74, 6) is -5.03. The van der Waals surface area contributed by atoms with Crippen molar-refractivity contribution in [1.29, 1.82) is 0 Å². The molecule has 3 fully saturated rings. The lowest BCUT2D eigenvalue weighted by atomic mass is 9.49. The minimum Gasteiger partial charge on any atom is -0.504 e. The van der Waals surface area contributed by atoms with Crippen LogP contribution in [0.5, 0.6) is 17.2 Å². The Morgan fingerprint density at radius 1 is 0.817 bits per heavy atom. The van der Waals surface area contributed by atoms with Crippen LogP contribution in [0.15, 0.2) is 127 Å². The van der Waals surface area contributed by atoms with E-state index in [9.17, 15) is 14.7 Å². The van der Waals surface area contributed by atoms with Crippen molar-refractivity contribution in [3.05, 3.63) is 148 Å². The molecule has 6 unspecified atom stereocenters. The highest BCUT2D eigenvalue weighted by atomic mass is 35.5. The molecule has 0 bridgehead atoms. The van der Waals surface area contributed by atoms with Crippen LogP contribution >= 0.6 is 23.2 Å². The molecule has 1 saturated carbocycles. The zero-order valence-electron chi connectivity index (χ0n) is 32.6. The maximum Gasteiger partial charge on any atom is 0.260 e. The predicted octanol–water partition coefficient (Wildman–Crippen LogP) is 9.04. The fourth-order valence-corrected chi connectivity index (χ4v) is 10.3. The van der Waals surface area contributed by atoms with E-state index < -0.39 is 46.8 Å². The number of carbonyl (C=O) groups is 4. The van der Waals surface area contributed by atoms with Crippen LogP contribution in [-0.4, -0.2) is 47.5 Å². The predicted molar refractivity (Wildman–Crippen MR) is 229 cm³/mol. The van der Waals surface area contributed by atoms with Crippen LogP contribution in [0, 0.1) is 23.7 Å². The second kappa shape index (κ2) is 15.4. The maximum atomic E-state index is 15.6. The summed E-state index contributed by atoms with van der Waals surface area (Å²) in [6.07, 6.45) is 2.32. The van der Waals surface area contributed by atoms with E-state index in [1.54, 1.807) is 74.7 Å². The first-order chi connectivity index (χ1) is 29.0. The lowest BCUT2D eigenvalue weighted by molar-refractivity contribution is -0.138. The Morgan fingerprint density at radius 3 is 2.25 bits per heavy atom. The molecule has 0 spiro atoms. The third-order valence-corrected chi connectivity index (χ3v) is 12.9. The van der Waals surface area contributed by atoms with Crippen molar-refractivity contribution in [3.63, 3.8) is 0 Å². The number of rotatable bonds is 10. The molecule has 5 aromatic carbocycles. The van der Waals surface area contributed by atoms with Crippen LogP contribution < -0.4 is 25.1 Å². The van der Waals surface area contributed by atoms with Crippen molar-refractivity contribution >= 4 is 69.6 Å². The molecular formula is C47H40Cl2N4O7. The van der Waals surface area contributed by atoms with Gasteiger partial charge in [0.05, 0.1) is 53.3 Å². The monoisotopic (exact) mass is 842 g/mol. The number of benzene rings is 5. The Hall–Kier alpha value is -6.30. The summed E-state index contributed by atoms with van der Waals surface area (Å²) in [6.45, 7) is 2.06. The van der Waals surface area contributed by atoms with Gasteiger partial charge in [0.25, 0.3) is 11.8 Å². The molecule has 13 heteroatoms. The molecule has 2 aliphatic carbocycles. The standard InChI is InChI=1S/C47H40Cl2N4O7/c1-3-60-40-23-26(9-22-39(40)54)42-33-19-20-34-41(45(57)52(43(34)55)31-15-13-30(14-16-31)50-29-7-5-4-6-8-29)35(33)25-36-44(56)53(51-38-21-12-28(48)24-37(38)49)46(58)47(36,42)27-10-17-32(59-2)18-11-27/h4-19,21-24,34-36,41-42,50-51,54H,3,20,25H2,1-2H3. The first-order valence-corrected chi connectivity index (χ1v) is 20.5. The van der Waals surface area contributed by atoms with Gasteiger partial charge in [0.1, 0.15) is 5.75 Å². The van der Waals surface area contributed by atoms with Crippen molar-refractivity contribution < 1.29 is 33.8 Å². The van der Waals surface area contributed by atoms with Crippen molar-refractivity contribution in [2.45, 2.75) is 31.1 Å². The number of imide groups is 2. The number of aromatic hydroxyl groups is 1. The van der Waals surface area contributed by atoms with E-state index in [0.29, 0.717) is 33.3 Å². The Kier molecular flexibility index (Phi) is 10.0. The second-order valence-corrected chi connectivity index (χ2v) is 16.3. The molecule has 0 aromatic heterocycles. The molecule has 60 heavy (non-hydrogen) atoms. The number of hydrogen-bond acceptors (Lipinski definition) is 9. The average Bonchev–Trinajstić information content (AvgIpc) is 3.63. The van der Waals surface area contributed by atoms with Gasteiger partial charge in [-0.25, -0.2) is 0 Å². The highest BCUT2D eigenvalue weighted by molar-refractivity contribution is 6.36. The second-order valence-electron chi connectivity index (χ2n) is 15.4. The topological polar surface area (TPSA) is 138 Å². The molecule has 4 amide bonds. The van der Waals surface area contributed by atoms with Gasteiger partial charge in [0.2, 0.25) is 11.8 Å². The van der Waals surface area contributed by atoms with Crippen LogP contribution in [-0.2, 0) is 24.6 Å². The third-order valence-electron chi connectivity index (χ3n) is 12.4. The number of nitrogens with zero attached hydrogens (tertiary/aromatic N) is 2. The zero-order chi connectivity index (χ0) is 41.9. The van der Waals surface area contributed by atoms with Crippen LogP contribution in [0.25, 0.3) is 0 Å². The molecule has 2 aliphatic heterocycles. The van der Waals surface area contributed by atoms with E-state index in [1.807, 2.05) is 48.5 Å². The molecule has 9 rings (SSSR count). The summed E-state index contributed by atoms with van der Waals surface area (Å²) in [5.41, 5.74) is 5.77. The van der Waals surface area contributed by atoms with E-state index >= 15 is 9.59 Å². The van der Waals surface area contributed by atoms with E-state index in [-0.39, 0.29) is 47.8 Å². The number of nitrogens with one attached hydrogen (secondary N) is 2. The van der Waals surface area contributed by atoms with Gasteiger partial charge < -0.3 is 19.9 Å². The van der Waals surface area contributed by atoms with Crippen molar-refractivity contribution in [1.82, 2.24) is 5.01 Å². The Morgan fingerprint density at radius 2 is 1.55 bits per heavy atom. The molecule has 6 atom stereocenters. The summed E-state index contributed by atoms with van der Waals surface area (Å²) in [6, 6.07) is 33.6. The summed E-state index contributed by atoms with van der Waals surface area (Å²) < 4.78 is 11.4. The lowest BCUT2D eigenvalue weighted by Crippen LogP contribution is -2.53. The van der Waals surface area contributed by atoms with Gasteiger partial charge in [0.15, 0.2) is 11.5 Å². The number of halogens is 2. The number of fused-ring (bicyclic) bond motifs is 4. The van der Waals surface area contributed by atoms with E-state index in [0.717, 1.165) is 22.0 Å². The number of allylic oxidation sites excluding steroid dienone is 2. The van der Waals surface area contributed by atoms with Crippen LogP contribution in [0.2, 0.25) is 10.0 Å². The summed E-state index contributed by atoms with van der Waals surface area (Å²) in [7, 11) is 1.55. The highest BCUT2D eigenvalue weighted by Crippen LogP contribution is 2.64. The highest BCUT2D eigenvalue weighted by Gasteiger charge is 2.70. The number of phenols is 1. The minimum atomic E-state index is -1.57. The zero-order valence-corrected chi connectivity index (χ0v) is 34.1. The van der Waals surface area contributed by atoms with E-state index in [2.05, 4.69) is 10.7 Å². The molecule has 11 nitrogen and oxygen atoms in total. The number of hydrazine groups is 1. The van der Waals surface area contributed by atoms with E-state index in [4.69, 9.17) is 32.7 Å². The smallest absolute Gasteiger partial charge is 0.260 e. The Balaban J connectivity index is 1.17. The van der Waals surface area contributed by atoms with Gasteiger partial charge in [-0.05, 0) is 116 Å². The number of ether oxygens (including phenoxy) is 2. The summed E-state index contributed by atoms with van der Waals surface area (Å²) >= 11 is 12.8. The maximum absolute atomic E-state index is 15.6. The first-order valence-electron chi connectivity index (χ1n) is 19.7. The largest absolute Gasteiger partial charge is 0.504 e. The molecular weight excluding hydrogens is 803 g/mol. The number of para-hydroxylation sites is 1. The summed E-state index contributed by atoms with van der Waals surface area (Å²) in [4.78, 5) is 61.1. The van der Waals surface area contributed by atoms with Gasteiger partial charge in [-0.1, -0.05) is 71.2 Å². The quantitative estimate of drug-likeness (QED) is 0.0929. The number of hydrogen-bond donors (Lipinski definition) is 3. The van der Waals surface area contributed by atoms with Gasteiger partial charge >= 0.3 is 0 Å². The molecule has 2 saturated heterocycles. The number of methoxy groups -OCH3 is 1. The van der Waals surface area contributed by atoms with Gasteiger partial charge in [-0.3, -0.25) is 29.5 Å². The third kappa shape index (κ3) is 6.26. The molecule has 0 radical (unpaired) electrons. The van der Waals surface area contributed by atoms with Crippen molar-refractivity contribution in [3.8, 4) is 17.2 Å². The molecule has 3 N–H and O–H groups in total. The lowest BCUT2D eigenvalue weighted by Gasteiger charge is -2.50. The van der Waals surface area contributed by atoms with Crippen molar-refractivity contribution in [2.75, 3.05) is 29.4 Å². The van der Waals surface area contributed by atoms with Crippen LogP contribution in [0.4, 0.5) is 22.7 Å². The summed E-state index contributed by atoms with van der Waals surface area (Å²) in [5, 5.41) is 15.8. The number of anilines is 4. The molecule has 2 heterocycles. The van der Waals surface area contributed by atoms with Gasteiger partial charge in [-0.2, -0.15) is 5.01 Å². The normalized spacial score (nSPS) is 24.4. The number of carbonyl (C=O) groups excluding carboxylic acids is 4. The fraction of sp³-hybridized carbons (Fsp3) is 0.234. The fourth-order valence-electron chi connectivity index (χ4n) is 9.84. The van der Waals surface area contributed by atoms with Crippen LogP contribution in [0.3, 0.4) is 0 Å². The SMILES string of the molecule is CCOc1cc(C2C3=CCC4C(=O)N(c5ccc(Nc6ccccc6)cc5)C(=O)C4C3CC3C(=O)N(Nc4ccc(Cl)cc4Cl)C(=O)C32c2ccc(OC)cc2)ccc1O. The molecule has 5 aromatic rings. The first kappa shape index (κ1) is 39.2. The van der Waals surface area contributed by atoms with Crippen LogP contribution in [0.1, 0.15) is 36.8 Å². The van der Waals surface area contributed by atoms with E-state index in [1.165, 1.54) is 17.0 Å². The molecule has 4 aliphatic rings. The minimum absolute atomic E-state index is 0.0904.